The van der Waals surface area contributed by atoms with Crippen molar-refractivity contribution in [3.63, 3.8) is 0 Å². The van der Waals surface area contributed by atoms with Crippen LogP contribution in [0.15, 0.2) is 79.1 Å². The van der Waals surface area contributed by atoms with Crippen LogP contribution in [0.4, 0.5) is 15.8 Å². The number of hydrogen-bond acceptors (Lipinski definition) is 3. The van der Waals surface area contributed by atoms with E-state index in [4.69, 9.17) is 16.3 Å². The van der Waals surface area contributed by atoms with E-state index >= 15 is 0 Å². The van der Waals surface area contributed by atoms with Gasteiger partial charge in [-0.2, -0.15) is 0 Å². The van der Waals surface area contributed by atoms with Gasteiger partial charge in [0.05, 0.1) is 0 Å². The number of rotatable bonds is 3. The fourth-order valence-electron chi connectivity index (χ4n) is 3.11. The quantitative estimate of drug-likeness (QED) is 0.440. The Morgan fingerprint density at radius 1 is 0.885 bits per heavy atom. The highest BCUT2D eigenvalue weighted by molar-refractivity contribution is 8.06. The average Bonchev–Trinajstić information content (AvgIpc) is 2.68. The van der Waals surface area contributed by atoms with Crippen LogP contribution in [0.5, 0.6) is 0 Å². The molecule has 0 amide bonds. The largest absolute Gasteiger partial charge is 0.426 e. The van der Waals surface area contributed by atoms with Crippen LogP contribution in [0, 0.1) is 5.82 Å². The van der Waals surface area contributed by atoms with Crippen LogP contribution >= 0.6 is 6.92 Å². The molecule has 0 fully saturated rings. The molecule has 0 spiro atoms. The fraction of sp³-hybridized carbons (Fsp3) is 0.0476. The van der Waals surface area contributed by atoms with Gasteiger partial charge in [-0.15, -0.1) is 0 Å². The summed E-state index contributed by atoms with van der Waals surface area (Å²) in [6.07, 6.45) is 1.76. The van der Waals surface area contributed by atoms with Gasteiger partial charge in [-0.3, -0.25) is 4.52 Å². The molecular weight excluding hydrogens is 364 g/mol. The average molecular weight is 380 g/mol. The lowest BCUT2D eigenvalue weighted by atomic mass is 9.91. The van der Waals surface area contributed by atoms with Gasteiger partial charge in [0.15, 0.2) is 6.26 Å². The van der Waals surface area contributed by atoms with E-state index in [0.717, 1.165) is 33.4 Å². The Labute approximate surface area is 158 Å². The second kappa shape index (κ2) is 6.99. The lowest BCUT2D eigenvalue weighted by Crippen LogP contribution is -2.17. The summed E-state index contributed by atoms with van der Waals surface area (Å²) in [5.74, 6) is -0.274. The highest BCUT2D eigenvalue weighted by atomic mass is 32.4. The maximum atomic E-state index is 13.1. The van der Waals surface area contributed by atoms with Crippen molar-refractivity contribution in [2.45, 2.75) is 0 Å². The summed E-state index contributed by atoms with van der Waals surface area (Å²) in [6.45, 7) is -1.28. The van der Waals surface area contributed by atoms with E-state index in [1.165, 1.54) is 12.1 Å². The van der Waals surface area contributed by atoms with E-state index in [2.05, 4.69) is 36.2 Å². The summed E-state index contributed by atoms with van der Waals surface area (Å²) >= 11 is 5.50. The first-order valence-electron chi connectivity index (χ1n) is 8.17. The second-order valence-electron chi connectivity index (χ2n) is 5.96. The van der Waals surface area contributed by atoms with Gasteiger partial charge in [0.25, 0.3) is 0 Å². The zero-order valence-electron chi connectivity index (χ0n) is 14.1. The van der Waals surface area contributed by atoms with Crippen LogP contribution in [-0.2, 0) is 16.3 Å². The molecule has 1 heterocycles. The molecule has 3 aromatic carbocycles. The van der Waals surface area contributed by atoms with Gasteiger partial charge in [-0.1, -0.05) is 36.4 Å². The molecule has 0 N–H and O–H groups in total. The predicted octanol–water partition coefficient (Wildman–Crippen LogP) is 5.50. The van der Waals surface area contributed by atoms with Crippen LogP contribution in [0.25, 0.3) is 5.57 Å². The van der Waals surface area contributed by atoms with E-state index in [1.54, 1.807) is 18.4 Å². The first-order chi connectivity index (χ1) is 12.6. The lowest BCUT2D eigenvalue weighted by Gasteiger charge is -2.31. The molecule has 0 radical (unpaired) electrons. The maximum Gasteiger partial charge on any atom is 0.426 e. The van der Waals surface area contributed by atoms with Crippen molar-refractivity contribution in [2.24, 2.45) is 0 Å². The van der Waals surface area contributed by atoms with Gasteiger partial charge in [0, 0.05) is 35.1 Å². The third-order valence-corrected chi connectivity index (χ3v) is 6.32. The van der Waals surface area contributed by atoms with Crippen LogP contribution in [0.1, 0.15) is 11.1 Å². The van der Waals surface area contributed by atoms with Crippen LogP contribution in [-0.4, -0.2) is 7.05 Å². The molecule has 4 rings (SSSR count). The Kier molecular flexibility index (Phi) is 4.54. The van der Waals surface area contributed by atoms with Crippen LogP contribution < -0.4 is 10.2 Å². The molecule has 5 heteroatoms. The molecule has 0 aromatic heterocycles. The summed E-state index contributed by atoms with van der Waals surface area (Å²) in [6, 6.07) is 22.6. The highest BCUT2D eigenvalue weighted by Gasteiger charge is 2.25. The summed E-state index contributed by atoms with van der Waals surface area (Å²) in [4.78, 5) is 2.18. The standard InChI is InChI=1S/C21H16FNOPS/c1-23-20-8-4-2-6-17(20)19(18-7-3-5-9-21(18)23)14-24-25(26)16-12-10-15(22)11-13-16/h2-14H,1H3/q+1. The Hall–Kier alpha value is -2.55. The number of para-hydroxylation sites is 2. The van der Waals surface area contributed by atoms with Gasteiger partial charge in [-0.25, -0.2) is 4.39 Å². The SMILES string of the molecule is CN1c2ccccc2C(=CO[P+](=S)c2ccc(F)cc2)c2ccccc21. The summed E-state index contributed by atoms with van der Waals surface area (Å²) in [5.41, 5.74) is 5.46. The van der Waals surface area contributed by atoms with E-state index in [1.807, 2.05) is 24.3 Å². The van der Waals surface area contributed by atoms with E-state index in [0.29, 0.717) is 0 Å². The number of halogens is 1. The molecular formula is C21H16FNOPS+. The third-order valence-electron chi connectivity index (χ3n) is 4.41. The van der Waals surface area contributed by atoms with Gasteiger partial charge in [-0.05, 0) is 36.4 Å². The molecule has 2 nitrogen and oxygen atoms in total. The van der Waals surface area contributed by atoms with Crippen molar-refractivity contribution >= 4 is 41.0 Å². The molecule has 0 aliphatic carbocycles. The number of benzene rings is 3. The minimum absolute atomic E-state index is 0.274. The van der Waals surface area contributed by atoms with E-state index in [9.17, 15) is 4.39 Å². The summed E-state index contributed by atoms with van der Waals surface area (Å²) < 4.78 is 19.0. The molecule has 1 aliphatic rings. The molecule has 1 aliphatic heterocycles. The van der Waals surface area contributed by atoms with Crippen molar-refractivity contribution in [3.05, 3.63) is 96.0 Å². The third kappa shape index (κ3) is 3.03. The molecule has 3 aromatic rings. The minimum atomic E-state index is -1.28. The second-order valence-corrected chi connectivity index (χ2v) is 8.20. The Morgan fingerprint density at radius 2 is 1.42 bits per heavy atom. The smallest absolute Gasteiger partial charge is 0.344 e. The monoisotopic (exact) mass is 380 g/mol. The lowest BCUT2D eigenvalue weighted by molar-refractivity contribution is 0.558. The van der Waals surface area contributed by atoms with Gasteiger partial charge >= 0.3 is 6.92 Å². The van der Waals surface area contributed by atoms with Gasteiger partial charge < -0.3 is 4.90 Å². The van der Waals surface area contributed by atoms with Crippen LogP contribution in [0.3, 0.4) is 0 Å². The Balaban J connectivity index is 1.74. The van der Waals surface area contributed by atoms with Crippen molar-refractivity contribution in [3.8, 4) is 0 Å². The maximum absolute atomic E-state index is 13.1. The molecule has 128 valence electrons. The normalized spacial score (nSPS) is 12.9. The molecule has 1 atom stereocenters. The molecule has 1 unspecified atom stereocenters. The van der Waals surface area contributed by atoms with E-state index in [-0.39, 0.29) is 5.82 Å². The minimum Gasteiger partial charge on any atom is -0.344 e. The molecule has 0 bridgehead atoms. The molecule has 26 heavy (non-hydrogen) atoms. The Morgan fingerprint density at radius 3 is 2.00 bits per heavy atom. The van der Waals surface area contributed by atoms with Gasteiger partial charge in [0.1, 0.15) is 5.82 Å². The van der Waals surface area contributed by atoms with Crippen molar-refractivity contribution in [1.29, 1.82) is 0 Å². The van der Waals surface area contributed by atoms with E-state index < -0.39 is 6.92 Å². The number of nitrogens with zero attached hydrogens (tertiary/aromatic N) is 1. The first kappa shape index (κ1) is 16.9. The van der Waals surface area contributed by atoms with Gasteiger partial charge in [0.2, 0.25) is 17.1 Å². The van der Waals surface area contributed by atoms with Crippen molar-refractivity contribution < 1.29 is 8.91 Å². The Bertz CT molecular complexity index is 967. The summed E-state index contributed by atoms with van der Waals surface area (Å²) in [7, 11) is 2.06. The number of hydrogen-bond donors (Lipinski definition) is 0. The highest BCUT2D eigenvalue weighted by Crippen LogP contribution is 2.44. The zero-order valence-corrected chi connectivity index (χ0v) is 15.8. The number of fused-ring (bicyclic) bond motifs is 2. The topological polar surface area (TPSA) is 12.5 Å². The fourth-order valence-corrected chi connectivity index (χ4v) is 4.32. The van der Waals surface area contributed by atoms with Crippen LogP contribution in [0.2, 0.25) is 0 Å². The predicted molar refractivity (Wildman–Crippen MR) is 109 cm³/mol. The first-order valence-corrected chi connectivity index (χ1v) is 10.4. The zero-order chi connectivity index (χ0) is 18.1. The van der Waals surface area contributed by atoms with Crippen molar-refractivity contribution in [1.82, 2.24) is 0 Å². The van der Waals surface area contributed by atoms with Crippen molar-refractivity contribution in [2.75, 3.05) is 11.9 Å². The molecule has 0 saturated heterocycles. The number of anilines is 2. The molecule has 0 saturated carbocycles. The summed E-state index contributed by atoms with van der Waals surface area (Å²) in [5, 5.41) is 0.822.